The molecule has 0 aliphatic rings. The maximum Gasteiger partial charge on any atom is 0.240 e. The molecule has 0 radical (unpaired) electrons. The second-order valence-electron chi connectivity index (χ2n) is 6.82. The summed E-state index contributed by atoms with van der Waals surface area (Å²) in [5.41, 5.74) is -0.243. The van der Waals surface area contributed by atoms with Crippen molar-refractivity contribution >= 4 is 11.9 Å². The first-order valence-electron chi connectivity index (χ1n) is 8.16. The van der Waals surface area contributed by atoms with Gasteiger partial charge >= 0.3 is 0 Å². The van der Waals surface area contributed by atoms with Crippen LogP contribution in [0.4, 0.5) is 0 Å². The van der Waals surface area contributed by atoms with Crippen LogP contribution in [0.3, 0.4) is 0 Å². The fourth-order valence-corrected chi connectivity index (χ4v) is 2.14. The Morgan fingerprint density at radius 1 is 1.29 bits per heavy atom. The highest BCUT2D eigenvalue weighted by Gasteiger charge is 2.17. The van der Waals surface area contributed by atoms with Crippen LogP contribution in [0, 0.1) is 0 Å². The van der Waals surface area contributed by atoms with Crippen LogP contribution in [0.2, 0.25) is 0 Å². The lowest BCUT2D eigenvalue weighted by Crippen LogP contribution is -2.49. The number of hydrogen-bond acceptors (Lipinski definition) is 3. The summed E-state index contributed by atoms with van der Waals surface area (Å²) in [7, 11) is 3.53. The number of hydrogen-bond donors (Lipinski definition) is 2. The number of benzene rings is 1. The van der Waals surface area contributed by atoms with Gasteiger partial charge in [0.1, 0.15) is 11.9 Å². The number of ether oxygens (including phenoxy) is 1. The average Bonchev–Trinajstić information content (AvgIpc) is 2.46. The lowest BCUT2D eigenvalue weighted by Gasteiger charge is -2.26. The summed E-state index contributed by atoms with van der Waals surface area (Å²) < 4.78 is 5.82. The number of guanidine groups is 1. The van der Waals surface area contributed by atoms with Crippen LogP contribution in [0.15, 0.2) is 35.3 Å². The van der Waals surface area contributed by atoms with Crippen molar-refractivity contribution in [2.45, 2.75) is 39.3 Å². The predicted molar refractivity (Wildman–Crippen MR) is 98.4 cm³/mol. The lowest BCUT2D eigenvalue weighted by molar-refractivity contribution is -0.122. The zero-order valence-electron chi connectivity index (χ0n) is 15.6. The fourth-order valence-electron chi connectivity index (χ4n) is 2.14. The molecule has 134 valence electrons. The zero-order chi connectivity index (χ0) is 18.2. The molecule has 0 saturated heterocycles. The summed E-state index contributed by atoms with van der Waals surface area (Å²) in [6, 6.07) is 9.68. The van der Waals surface area contributed by atoms with Crippen molar-refractivity contribution < 1.29 is 9.53 Å². The van der Waals surface area contributed by atoms with E-state index in [1.165, 1.54) is 0 Å². The first-order chi connectivity index (χ1) is 11.2. The van der Waals surface area contributed by atoms with E-state index in [1.807, 2.05) is 65.1 Å². The topological polar surface area (TPSA) is 66.0 Å². The Bertz CT molecular complexity index is 538. The molecule has 2 N–H and O–H groups in total. The smallest absolute Gasteiger partial charge is 0.240 e. The Morgan fingerprint density at radius 3 is 2.46 bits per heavy atom. The minimum atomic E-state index is -0.243. The van der Waals surface area contributed by atoms with Gasteiger partial charge in [0, 0.05) is 19.6 Å². The van der Waals surface area contributed by atoms with Crippen molar-refractivity contribution in [3.8, 4) is 5.75 Å². The van der Waals surface area contributed by atoms with Crippen molar-refractivity contribution in [1.29, 1.82) is 0 Å². The SMILES string of the molecule is CN=C(NCC(C)Oc1ccccc1)N(C)CC(=O)NC(C)(C)C. The highest BCUT2D eigenvalue weighted by atomic mass is 16.5. The maximum absolute atomic E-state index is 12.0. The molecule has 0 fully saturated rings. The summed E-state index contributed by atoms with van der Waals surface area (Å²) in [5, 5.41) is 6.17. The summed E-state index contributed by atoms with van der Waals surface area (Å²) in [6.07, 6.45) is -0.0269. The highest BCUT2D eigenvalue weighted by Crippen LogP contribution is 2.10. The Labute approximate surface area is 145 Å². The third-order valence-corrected chi connectivity index (χ3v) is 3.10. The number of aliphatic imine (C=N–C) groups is 1. The molecule has 0 heterocycles. The number of carbonyl (C=O) groups excluding carboxylic acids is 1. The molecule has 0 saturated carbocycles. The van der Waals surface area contributed by atoms with Gasteiger partial charge in [0.05, 0.1) is 13.1 Å². The quantitative estimate of drug-likeness (QED) is 0.616. The number of amides is 1. The van der Waals surface area contributed by atoms with Gasteiger partial charge in [0.2, 0.25) is 5.91 Å². The van der Waals surface area contributed by atoms with E-state index in [1.54, 1.807) is 11.9 Å². The monoisotopic (exact) mass is 334 g/mol. The van der Waals surface area contributed by atoms with Gasteiger partial charge in [-0.25, -0.2) is 0 Å². The number of nitrogens with zero attached hydrogens (tertiary/aromatic N) is 2. The first kappa shape index (κ1) is 19.8. The van der Waals surface area contributed by atoms with Gasteiger partial charge in [-0.3, -0.25) is 9.79 Å². The van der Waals surface area contributed by atoms with Crippen molar-refractivity contribution in [1.82, 2.24) is 15.5 Å². The minimum Gasteiger partial charge on any atom is -0.489 e. The molecule has 0 aliphatic heterocycles. The average molecular weight is 334 g/mol. The molecule has 1 rings (SSSR count). The van der Waals surface area contributed by atoms with Crippen LogP contribution in [-0.2, 0) is 4.79 Å². The molecule has 0 bridgehead atoms. The second kappa shape index (κ2) is 9.15. The number of para-hydroxylation sites is 1. The molecule has 6 nitrogen and oxygen atoms in total. The zero-order valence-corrected chi connectivity index (χ0v) is 15.6. The maximum atomic E-state index is 12.0. The summed E-state index contributed by atoms with van der Waals surface area (Å²) in [6.45, 7) is 8.69. The van der Waals surface area contributed by atoms with Crippen molar-refractivity contribution in [2.24, 2.45) is 4.99 Å². The molecule has 1 aromatic rings. The van der Waals surface area contributed by atoms with E-state index in [4.69, 9.17) is 4.74 Å². The molecule has 0 aromatic heterocycles. The van der Waals surface area contributed by atoms with Crippen molar-refractivity contribution in [3.05, 3.63) is 30.3 Å². The number of likely N-dealkylation sites (N-methyl/N-ethyl adjacent to an activating group) is 1. The standard InChI is InChI=1S/C18H30N4O2/c1-14(24-15-10-8-7-9-11-15)12-20-17(19-5)22(6)13-16(23)21-18(2,3)4/h7-11,14H,12-13H2,1-6H3,(H,19,20)(H,21,23). The van der Waals surface area contributed by atoms with E-state index >= 15 is 0 Å². The van der Waals surface area contributed by atoms with E-state index in [2.05, 4.69) is 15.6 Å². The number of nitrogens with one attached hydrogen (secondary N) is 2. The molecule has 1 unspecified atom stereocenters. The van der Waals surface area contributed by atoms with E-state index in [0.717, 1.165) is 5.75 Å². The second-order valence-corrected chi connectivity index (χ2v) is 6.82. The number of carbonyl (C=O) groups is 1. The molecule has 6 heteroatoms. The summed E-state index contributed by atoms with van der Waals surface area (Å²) >= 11 is 0. The van der Waals surface area contributed by atoms with Crippen molar-refractivity contribution in [2.75, 3.05) is 27.2 Å². The van der Waals surface area contributed by atoms with Gasteiger partial charge in [-0.1, -0.05) is 18.2 Å². The largest absolute Gasteiger partial charge is 0.489 e. The van der Waals surface area contributed by atoms with Gasteiger partial charge < -0.3 is 20.3 Å². The van der Waals surface area contributed by atoms with Crippen LogP contribution in [-0.4, -0.2) is 55.6 Å². The molecule has 0 aliphatic carbocycles. The Hall–Kier alpha value is -2.24. The molecule has 24 heavy (non-hydrogen) atoms. The molecule has 1 amide bonds. The normalized spacial score (nSPS) is 13.2. The number of rotatable bonds is 6. The van der Waals surface area contributed by atoms with Crippen LogP contribution in [0.1, 0.15) is 27.7 Å². The van der Waals surface area contributed by atoms with E-state index in [-0.39, 0.29) is 24.1 Å². The van der Waals surface area contributed by atoms with Gasteiger partial charge in [0.25, 0.3) is 0 Å². The predicted octanol–water partition coefficient (Wildman–Crippen LogP) is 1.88. The molecule has 1 atom stereocenters. The van der Waals surface area contributed by atoms with Crippen LogP contribution in [0.25, 0.3) is 0 Å². The van der Waals surface area contributed by atoms with Crippen LogP contribution >= 0.6 is 0 Å². The summed E-state index contributed by atoms with van der Waals surface area (Å²) in [4.78, 5) is 18.0. The summed E-state index contributed by atoms with van der Waals surface area (Å²) in [5.74, 6) is 1.45. The lowest BCUT2D eigenvalue weighted by atomic mass is 10.1. The van der Waals surface area contributed by atoms with Crippen LogP contribution in [0.5, 0.6) is 5.75 Å². The van der Waals surface area contributed by atoms with Gasteiger partial charge in [-0.15, -0.1) is 0 Å². The van der Waals surface area contributed by atoms with Crippen LogP contribution < -0.4 is 15.4 Å². The third-order valence-electron chi connectivity index (χ3n) is 3.10. The van der Waals surface area contributed by atoms with Gasteiger partial charge in [-0.2, -0.15) is 0 Å². The molecule has 1 aromatic carbocycles. The third kappa shape index (κ3) is 7.85. The Balaban J connectivity index is 2.45. The molecular weight excluding hydrogens is 304 g/mol. The first-order valence-corrected chi connectivity index (χ1v) is 8.16. The van der Waals surface area contributed by atoms with Gasteiger partial charge in [-0.05, 0) is 39.8 Å². The Kier molecular flexibility index (Phi) is 7.55. The fraction of sp³-hybridized carbons (Fsp3) is 0.556. The van der Waals surface area contributed by atoms with E-state index in [0.29, 0.717) is 12.5 Å². The van der Waals surface area contributed by atoms with Crippen molar-refractivity contribution in [3.63, 3.8) is 0 Å². The van der Waals surface area contributed by atoms with E-state index < -0.39 is 0 Å². The molecular formula is C18H30N4O2. The highest BCUT2D eigenvalue weighted by molar-refractivity contribution is 5.86. The van der Waals surface area contributed by atoms with Gasteiger partial charge in [0.15, 0.2) is 5.96 Å². The minimum absolute atomic E-state index is 0.0269. The molecule has 0 spiro atoms. The van der Waals surface area contributed by atoms with E-state index in [9.17, 15) is 4.79 Å². The Morgan fingerprint density at radius 2 is 1.92 bits per heavy atom.